The van der Waals surface area contributed by atoms with Crippen LogP contribution in [-0.2, 0) is 14.3 Å². The second-order valence-electron chi connectivity index (χ2n) is 5.23. The number of ether oxygens (including phenoxy) is 1. The summed E-state index contributed by atoms with van der Waals surface area (Å²) >= 11 is 0. The zero-order valence-corrected chi connectivity index (χ0v) is 13.7. The fraction of sp³-hybridized carbons (Fsp3) is 0.438. The number of carbonyl (C=O) groups excluding carboxylic acids is 3. The minimum Gasteiger partial charge on any atom is -0.462 e. The molecule has 7 heteroatoms. The second kappa shape index (κ2) is 9.58. The molecule has 0 radical (unpaired) electrons. The lowest BCUT2D eigenvalue weighted by Gasteiger charge is -2.10. The molecule has 126 valence electrons. The van der Waals surface area contributed by atoms with Crippen molar-refractivity contribution in [1.29, 1.82) is 0 Å². The van der Waals surface area contributed by atoms with Crippen LogP contribution in [0.5, 0.6) is 0 Å². The number of likely N-dealkylation sites (N-methyl/N-ethyl adjacent to an activating group) is 1. The molecule has 0 atom stereocenters. The first-order valence-electron chi connectivity index (χ1n) is 7.45. The number of hydrogen-bond donors (Lipinski definition) is 2. The summed E-state index contributed by atoms with van der Waals surface area (Å²) in [7, 11) is 3.75. The SMILES string of the molecule is CCCOC(=O)c1ccc(NC(=O)C(=O)NCCN(C)C)cc1. The Morgan fingerprint density at radius 1 is 1.09 bits per heavy atom. The Balaban J connectivity index is 2.49. The first kappa shape index (κ1) is 18.6. The molecule has 0 aliphatic carbocycles. The summed E-state index contributed by atoms with van der Waals surface area (Å²) in [6, 6.07) is 6.18. The third-order valence-electron chi connectivity index (χ3n) is 2.87. The minimum atomic E-state index is -0.745. The summed E-state index contributed by atoms with van der Waals surface area (Å²) in [6.07, 6.45) is 0.753. The molecule has 0 spiro atoms. The zero-order chi connectivity index (χ0) is 17.2. The minimum absolute atomic E-state index is 0.366. The molecule has 0 aliphatic rings. The van der Waals surface area contributed by atoms with Crippen molar-refractivity contribution in [1.82, 2.24) is 10.2 Å². The predicted octanol–water partition coefficient (Wildman–Crippen LogP) is 0.870. The summed E-state index contributed by atoms with van der Waals surface area (Å²) in [5.74, 6) is -1.85. The van der Waals surface area contributed by atoms with Gasteiger partial charge in [-0.2, -0.15) is 0 Å². The van der Waals surface area contributed by atoms with Crippen LogP contribution < -0.4 is 10.6 Å². The lowest BCUT2D eigenvalue weighted by atomic mass is 10.2. The molecule has 0 unspecified atom stereocenters. The van der Waals surface area contributed by atoms with Crippen molar-refractivity contribution in [3.63, 3.8) is 0 Å². The molecule has 2 N–H and O–H groups in total. The van der Waals surface area contributed by atoms with Crippen LogP contribution in [-0.4, -0.2) is 56.5 Å². The van der Waals surface area contributed by atoms with Gasteiger partial charge in [0, 0.05) is 18.8 Å². The molecule has 0 saturated heterocycles. The number of benzene rings is 1. The first-order chi connectivity index (χ1) is 10.9. The average Bonchev–Trinajstić information content (AvgIpc) is 2.52. The predicted molar refractivity (Wildman–Crippen MR) is 87.2 cm³/mol. The number of esters is 1. The summed E-state index contributed by atoms with van der Waals surface area (Å²) < 4.78 is 5.01. The summed E-state index contributed by atoms with van der Waals surface area (Å²) in [5.41, 5.74) is 0.830. The van der Waals surface area contributed by atoms with Gasteiger partial charge in [0.1, 0.15) is 0 Å². The molecule has 0 aromatic heterocycles. The molecule has 1 aromatic carbocycles. The van der Waals surface area contributed by atoms with E-state index in [1.54, 1.807) is 12.1 Å². The van der Waals surface area contributed by atoms with Crippen LogP contribution in [0.15, 0.2) is 24.3 Å². The highest BCUT2D eigenvalue weighted by molar-refractivity contribution is 6.39. The fourth-order valence-corrected chi connectivity index (χ4v) is 1.63. The van der Waals surface area contributed by atoms with Crippen LogP contribution >= 0.6 is 0 Å². The summed E-state index contributed by atoms with van der Waals surface area (Å²) in [6.45, 7) is 3.31. The molecule has 7 nitrogen and oxygen atoms in total. The van der Waals surface area contributed by atoms with E-state index in [2.05, 4.69) is 10.6 Å². The van der Waals surface area contributed by atoms with Crippen molar-refractivity contribution >= 4 is 23.5 Å². The quantitative estimate of drug-likeness (QED) is 0.575. The maximum atomic E-state index is 11.7. The average molecular weight is 321 g/mol. The van der Waals surface area contributed by atoms with Gasteiger partial charge in [0.05, 0.1) is 12.2 Å². The largest absolute Gasteiger partial charge is 0.462 e. The number of amides is 2. The number of carbonyl (C=O) groups is 3. The van der Waals surface area contributed by atoms with E-state index in [4.69, 9.17) is 4.74 Å². The monoisotopic (exact) mass is 321 g/mol. The molecule has 1 aromatic rings. The smallest absolute Gasteiger partial charge is 0.338 e. The van der Waals surface area contributed by atoms with Gasteiger partial charge in [0.15, 0.2) is 0 Å². The Morgan fingerprint density at radius 3 is 2.30 bits per heavy atom. The molecule has 0 fully saturated rings. The second-order valence-corrected chi connectivity index (χ2v) is 5.23. The van der Waals surface area contributed by atoms with Crippen molar-refractivity contribution < 1.29 is 19.1 Å². The highest BCUT2D eigenvalue weighted by Gasteiger charge is 2.13. The van der Waals surface area contributed by atoms with Crippen molar-refractivity contribution in [3.05, 3.63) is 29.8 Å². The van der Waals surface area contributed by atoms with Gasteiger partial charge in [-0.1, -0.05) is 6.92 Å². The van der Waals surface area contributed by atoms with E-state index in [-0.39, 0.29) is 0 Å². The van der Waals surface area contributed by atoms with Gasteiger partial charge in [-0.05, 0) is 44.8 Å². The van der Waals surface area contributed by atoms with Crippen LogP contribution in [0.3, 0.4) is 0 Å². The van der Waals surface area contributed by atoms with Gasteiger partial charge >= 0.3 is 17.8 Å². The fourth-order valence-electron chi connectivity index (χ4n) is 1.63. The van der Waals surface area contributed by atoms with E-state index < -0.39 is 17.8 Å². The lowest BCUT2D eigenvalue weighted by molar-refractivity contribution is -0.136. The van der Waals surface area contributed by atoms with E-state index in [0.29, 0.717) is 30.9 Å². The molecular formula is C16H23N3O4. The Hall–Kier alpha value is -2.41. The molecule has 2 amide bonds. The third-order valence-corrected chi connectivity index (χ3v) is 2.87. The van der Waals surface area contributed by atoms with Gasteiger partial charge in [-0.3, -0.25) is 9.59 Å². The van der Waals surface area contributed by atoms with E-state index in [1.807, 2.05) is 25.9 Å². The first-order valence-corrected chi connectivity index (χ1v) is 7.45. The molecule has 0 bridgehead atoms. The van der Waals surface area contributed by atoms with Gasteiger partial charge in [0.2, 0.25) is 0 Å². The molecule has 0 heterocycles. The van der Waals surface area contributed by atoms with Crippen LogP contribution in [0, 0.1) is 0 Å². The summed E-state index contributed by atoms with van der Waals surface area (Å²) in [5, 5.41) is 4.99. The summed E-state index contributed by atoms with van der Waals surface area (Å²) in [4.78, 5) is 36.9. The molecule has 0 aliphatic heterocycles. The van der Waals surface area contributed by atoms with Crippen molar-refractivity contribution in [2.24, 2.45) is 0 Å². The maximum Gasteiger partial charge on any atom is 0.338 e. The molecule has 1 rings (SSSR count). The van der Waals surface area contributed by atoms with Crippen LogP contribution in [0.1, 0.15) is 23.7 Å². The van der Waals surface area contributed by atoms with Gasteiger partial charge < -0.3 is 20.3 Å². The standard InChI is InChI=1S/C16H23N3O4/c1-4-11-23-16(22)12-5-7-13(8-6-12)18-15(21)14(20)17-9-10-19(2)3/h5-8H,4,9-11H2,1-3H3,(H,17,20)(H,18,21). The van der Waals surface area contributed by atoms with E-state index in [9.17, 15) is 14.4 Å². The van der Waals surface area contributed by atoms with Crippen molar-refractivity contribution in [3.8, 4) is 0 Å². The van der Waals surface area contributed by atoms with Crippen LogP contribution in [0.2, 0.25) is 0 Å². The zero-order valence-electron chi connectivity index (χ0n) is 13.7. The Bertz CT molecular complexity index is 541. The lowest BCUT2D eigenvalue weighted by Crippen LogP contribution is -2.38. The highest BCUT2D eigenvalue weighted by atomic mass is 16.5. The van der Waals surface area contributed by atoms with Gasteiger partial charge in [-0.15, -0.1) is 0 Å². The molecule has 0 saturated carbocycles. The number of nitrogens with zero attached hydrogens (tertiary/aromatic N) is 1. The van der Waals surface area contributed by atoms with E-state index in [1.165, 1.54) is 12.1 Å². The van der Waals surface area contributed by atoms with E-state index >= 15 is 0 Å². The van der Waals surface area contributed by atoms with Crippen LogP contribution in [0.25, 0.3) is 0 Å². The molecular weight excluding hydrogens is 298 g/mol. The maximum absolute atomic E-state index is 11.7. The van der Waals surface area contributed by atoms with Gasteiger partial charge in [0.25, 0.3) is 0 Å². The highest BCUT2D eigenvalue weighted by Crippen LogP contribution is 2.10. The number of hydrogen-bond acceptors (Lipinski definition) is 5. The third kappa shape index (κ3) is 6.92. The van der Waals surface area contributed by atoms with Crippen LogP contribution in [0.4, 0.5) is 5.69 Å². The number of anilines is 1. The normalized spacial score (nSPS) is 10.3. The number of nitrogens with one attached hydrogen (secondary N) is 2. The van der Waals surface area contributed by atoms with Gasteiger partial charge in [-0.25, -0.2) is 4.79 Å². The topological polar surface area (TPSA) is 87.7 Å². The van der Waals surface area contributed by atoms with E-state index in [0.717, 1.165) is 6.42 Å². The molecule has 23 heavy (non-hydrogen) atoms. The van der Waals surface area contributed by atoms with Crippen molar-refractivity contribution in [2.75, 3.05) is 39.1 Å². The Morgan fingerprint density at radius 2 is 1.74 bits per heavy atom. The number of rotatable bonds is 7. The Labute approximate surface area is 136 Å². The van der Waals surface area contributed by atoms with Crippen molar-refractivity contribution in [2.45, 2.75) is 13.3 Å². The Kier molecular flexibility index (Phi) is 7.76.